The molecule has 15 heavy (non-hydrogen) atoms. The number of halogens is 1. The maximum absolute atomic E-state index is 13.3. The highest BCUT2D eigenvalue weighted by molar-refractivity contribution is 6.08. The number of aliphatic hydroxyl groups is 2. The van der Waals surface area contributed by atoms with E-state index >= 15 is 0 Å². The van der Waals surface area contributed by atoms with Crippen LogP contribution in [-0.4, -0.2) is 49.6 Å². The van der Waals surface area contributed by atoms with E-state index in [0.717, 1.165) is 11.6 Å². The molecule has 0 rings (SSSR count). The predicted octanol–water partition coefficient (Wildman–Crippen LogP) is -0.225. The van der Waals surface area contributed by atoms with Crippen molar-refractivity contribution in [3.8, 4) is 0 Å². The topological polar surface area (TPSA) is 49.7 Å². The van der Waals surface area contributed by atoms with Gasteiger partial charge in [-0.2, -0.15) is 0 Å². The van der Waals surface area contributed by atoms with E-state index in [9.17, 15) is 9.50 Å². The first kappa shape index (κ1) is 14.4. The molecule has 0 aliphatic heterocycles. The molecule has 0 aromatic carbocycles. The molecular weight excluding hydrogens is 198 g/mol. The van der Waals surface area contributed by atoms with Crippen LogP contribution in [0, 0.1) is 0 Å². The first-order valence-corrected chi connectivity index (χ1v) is 4.97. The van der Waals surface area contributed by atoms with Crippen molar-refractivity contribution in [3.63, 3.8) is 0 Å². The number of ether oxygens (including phenoxy) is 1. The second-order valence-corrected chi connectivity index (χ2v) is 3.42. The lowest BCUT2D eigenvalue weighted by atomic mass is 10.1. The zero-order chi connectivity index (χ0) is 11.8. The molecule has 0 aromatic heterocycles. The van der Waals surface area contributed by atoms with Gasteiger partial charge in [-0.3, -0.25) is 0 Å². The zero-order valence-electron chi connectivity index (χ0n) is 9.40. The SMILES string of the molecule is BCO[C@H](CO)C(O)C(F)C=C=C(C)C. The van der Waals surface area contributed by atoms with Crippen molar-refractivity contribution >= 4 is 7.85 Å². The van der Waals surface area contributed by atoms with Crippen LogP contribution < -0.4 is 0 Å². The molecule has 0 amide bonds. The molecule has 86 valence electrons. The highest BCUT2D eigenvalue weighted by atomic mass is 19.1. The molecule has 0 heterocycles. The third kappa shape index (κ3) is 5.75. The van der Waals surface area contributed by atoms with E-state index in [0.29, 0.717) is 6.51 Å². The van der Waals surface area contributed by atoms with E-state index in [2.05, 4.69) is 5.73 Å². The molecule has 0 spiro atoms. The lowest BCUT2D eigenvalue weighted by Crippen LogP contribution is -2.38. The van der Waals surface area contributed by atoms with Gasteiger partial charge in [0.25, 0.3) is 0 Å². The van der Waals surface area contributed by atoms with Gasteiger partial charge in [0.2, 0.25) is 0 Å². The summed E-state index contributed by atoms with van der Waals surface area (Å²) < 4.78 is 18.3. The van der Waals surface area contributed by atoms with Gasteiger partial charge in [-0.15, -0.1) is 5.73 Å². The second kappa shape index (κ2) is 7.66. The van der Waals surface area contributed by atoms with Crippen molar-refractivity contribution in [2.24, 2.45) is 0 Å². The Labute approximate surface area is 90.7 Å². The Bertz CT molecular complexity index is 235. The van der Waals surface area contributed by atoms with Crippen LogP contribution >= 0.6 is 0 Å². The Morgan fingerprint density at radius 1 is 1.60 bits per heavy atom. The molecule has 0 radical (unpaired) electrons. The standard InChI is InChI=1S/C10H18BFO3/c1-7(2)3-4-8(12)10(14)9(5-13)15-6-11/h4,8-10,13-14H,5-6,11H2,1-2H3/t8?,9-,10?/m1/s1. The van der Waals surface area contributed by atoms with Crippen LogP contribution in [0.5, 0.6) is 0 Å². The number of aliphatic hydroxyl groups excluding tert-OH is 2. The lowest BCUT2D eigenvalue weighted by Gasteiger charge is -2.21. The van der Waals surface area contributed by atoms with Crippen LogP contribution in [0.3, 0.4) is 0 Å². The van der Waals surface area contributed by atoms with Gasteiger partial charge in [0.1, 0.15) is 20.1 Å². The molecular formula is C10H18BFO3. The fraction of sp³-hybridized carbons (Fsp3) is 0.700. The van der Waals surface area contributed by atoms with Crippen LogP contribution in [0.25, 0.3) is 0 Å². The Kier molecular flexibility index (Phi) is 7.35. The minimum Gasteiger partial charge on any atom is -0.394 e. The van der Waals surface area contributed by atoms with E-state index in [1.165, 1.54) is 0 Å². The molecule has 0 aliphatic carbocycles. The molecule has 3 atom stereocenters. The first-order valence-electron chi connectivity index (χ1n) is 4.97. The summed E-state index contributed by atoms with van der Waals surface area (Å²) in [5.74, 6) is 0. The van der Waals surface area contributed by atoms with Gasteiger partial charge >= 0.3 is 0 Å². The molecule has 2 N–H and O–H groups in total. The molecule has 0 aromatic rings. The van der Waals surface area contributed by atoms with E-state index in [4.69, 9.17) is 9.84 Å². The van der Waals surface area contributed by atoms with Gasteiger partial charge in [-0.1, -0.05) is 0 Å². The summed E-state index contributed by atoms with van der Waals surface area (Å²) in [6.45, 7) is 3.47. The fourth-order valence-electron chi connectivity index (χ4n) is 1.02. The summed E-state index contributed by atoms with van der Waals surface area (Å²) in [6, 6.07) is 0. The Balaban J connectivity index is 4.40. The predicted molar refractivity (Wildman–Crippen MR) is 59.2 cm³/mol. The average Bonchev–Trinajstić information content (AvgIpc) is 2.21. The largest absolute Gasteiger partial charge is 0.394 e. The van der Waals surface area contributed by atoms with Crippen molar-refractivity contribution in [2.75, 3.05) is 13.1 Å². The van der Waals surface area contributed by atoms with Crippen LogP contribution in [0.1, 0.15) is 13.8 Å². The molecule has 0 bridgehead atoms. The van der Waals surface area contributed by atoms with E-state index in [-0.39, 0.29) is 0 Å². The Morgan fingerprint density at radius 2 is 2.20 bits per heavy atom. The van der Waals surface area contributed by atoms with Crippen LogP contribution in [0.2, 0.25) is 0 Å². The highest BCUT2D eigenvalue weighted by Crippen LogP contribution is 2.08. The molecule has 5 heteroatoms. The van der Waals surface area contributed by atoms with Crippen molar-refractivity contribution in [1.29, 1.82) is 0 Å². The third-order valence-corrected chi connectivity index (χ3v) is 1.80. The fourth-order valence-corrected chi connectivity index (χ4v) is 1.02. The van der Waals surface area contributed by atoms with Gasteiger partial charge in [0.15, 0.2) is 6.17 Å². The summed E-state index contributed by atoms with van der Waals surface area (Å²) in [6.07, 6.45) is -2.69. The maximum atomic E-state index is 13.3. The van der Waals surface area contributed by atoms with Crippen LogP contribution in [-0.2, 0) is 4.74 Å². The third-order valence-electron chi connectivity index (χ3n) is 1.80. The average molecular weight is 216 g/mol. The van der Waals surface area contributed by atoms with Crippen LogP contribution in [0.15, 0.2) is 17.4 Å². The van der Waals surface area contributed by atoms with E-state index < -0.39 is 25.0 Å². The highest BCUT2D eigenvalue weighted by Gasteiger charge is 2.25. The lowest BCUT2D eigenvalue weighted by molar-refractivity contribution is -0.0687. The van der Waals surface area contributed by atoms with Crippen molar-refractivity contribution in [1.82, 2.24) is 0 Å². The monoisotopic (exact) mass is 216 g/mol. The number of rotatable bonds is 6. The Morgan fingerprint density at radius 3 is 2.60 bits per heavy atom. The summed E-state index contributed by atoms with van der Waals surface area (Å²) in [4.78, 5) is 0. The smallest absolute Gasteiger partial charge is 0.154 e. The first-order chi connectivity index (χ1) is 7.02. The van der Waals surface area contributed by atoms with E-state index in [1.54, 1.807) is 21.7 Å². The molecule has 2 unspecified atom stereocenters. The molecule has 3 nitrogen and oxygen atoms in total. The van der Waals surface area contributed by atoms with E-state index in [1.807, 2.05) is 0 Å². The number of hydrogen-bond donors (Lipinski definition) is 2. The number of hydrogen-bond acceptors (Lipinski definition) is 3. The maximum Gasteiger partial charge on any atom is 0.154 e. The summed E-state index contributed by atoms with van der Waals surface area (Å²) >= 11 is 0. The molecule has 0 saturated heterocycles. The Hall–Kier alpha value is -0.605. The van der Waals surface area contributed by atoms with Crippen molar-refractivity contribution < 1.29 is 19.3 Å². The minimum atomic E-state index is -1.58. The van der Waals surface area contributed by atoms with Gasteiger partial charge in [0.05, 0.1) is 6.61 Å². The van der Waals surface area contributed by atoms with Crippen molar-refractivity contribution in [3.05, 3.63) is 17.4 Å². The second-order valence-electron chi connectivity index (χ2n) is 3.42. The van der Waals surface area contributed by atoms with Gasteiger partial charge in [-0.25, -0.2) is 4.39 Å². The van der Waals surface area contributed by atoms with Crippen LogP contribution in [0.4, 0.5) is 4.39 Å². The van der Waals surface area contributed by atoms with Gasteiger partial charge < -0.3 is 14.9 Å². The quantitative estimate of drug-likeness (QED) is 0.476. The van der Waals surface area contributed by atoms with Gasteiger partial charge in [-0.05, 0) is 25.5 Å². The molecule has 0 saturated carbocycles. The van der Waals surface area contributed by atoms with Gasteiger partial charge in [0, 0.05) is 6.51 Å². The molecule has 0 fully saturated rings. The van der Waals surface area contributed by atoms with Crippen molar-refractivity contribution in [2.45, 2.75) is 32.2 Å². The number of alkyl halides is 1. The molecule has 0 aliphatic rings. The minimum absolute atomic E-state index is 0.321. The summed E-state index contributed by atoms with van der Waals surface area (Å²) in [5, 5.41) is 18.3. The summed E-state index contributed by atoms with van der Waals surface area (Å²) in [7, 11) is 1.72. The zero-order valence-corrected chi connectivity index (χ0v) is 9.40. The normalized spacial score (nSPS) is 16.3. The summed E-state index contributed by atoms with van der Waals surface area (Å²) in [5.41, 5.74) is 3.49.